The lowest BCUT2D eigenvalue weighted by Gasteiger charge is -2.26. The largest absolute Gasteiger partial charge is 0.491 e. The molecule has 0 radical (unpaired) electrons. The van der Waals surface area contributed by atoms with Gasteiger partial charge in [0.25, 0.3) is 0 Å². The van der Waals surface area contributed by atoms with Crippen LogP contribution in [0.3, 0.4) is 0 Å². The number of likely N-dealkylation sites (tertiary alicyclic amines) is 1. The molecule has 0 spiro atoms. The van der Waals surface area contributed by atoms with Gasteiger partial charge in [-0.1, -0.05) is 6.07 Å². The number of hydrogen-bond donors (Lipinski definition) is 2. The van der Waals surface area contributed by atoms with Crippen LogP contribution < -0.4 is 4.74 Å². The summed E-state index contributed by atoms with van der Waals surface area (Å²) in [5, 5.41) is 9.79. The molecule has 2 amide bonds. The van der Waals surface area contributed by atoms with Gasteiger partial charge in [-0.15, -0.1) is 0 Å². The summed E-state index contributed by atoms with van der Waals surface area (Å²) in [6, 6.07) is 10.5. The highest BCUT2D eigenvalue weighted by atomic mass is 16.5. The van der Waals surface area contributed by atoms with Gasteiger partial charge in [-0.3, -0.25) is 0 Å². The SMILES string of the molecule is Cc1nc2ccc(-c3cc(C)c4c(c3)CN(C(=O)N3CCC(O)C3)CCO4)cc2[nH]1. The van der Waals surface area contributed by atoms with Crippen LogP contribution in [0.15, 0.2) is 30.3 Å². The molecule has 5 rings (SSSR count). The molecule has 7 heteroatoms. The molecule has 3 heterocycles. The van der Waals surface area contributed by atoms with Crippen LogP contribution in [0.2, 0.25) is 0 Å². The van der Waals surface area contributed by atoms with Gasteiger partial charge < -0.3 is 24.6 Å². The number of amides is 2. The third-order valence-electron chi connectivity index (χ3n) is 5.96. The molecule has 1 aromatic heterocycles. The van der Waals surface area contributed by atoms with Crippen LogP contribution in [-0.2, 0) is 6.54 Å². The lowest BCUT2D eigenvalue weighted by Crippen LogP contribution is -2.43. The number of nitrogens with one attached hydrogen (secondary N) is 1. The Bertz CT molecular complexity index is 1120. The average molecular weight is 406 g/mol. The second-order valence-electron chi connectivity index (χ2n) is 8.28. The number of rotatable bonds is 1. The molecular formula is C23H26N4O3. The van der Waals surface area contributed by atoms with Gasteiger partial charge in [0.05, 0.1) is 30.2 Å². The molecule has 1 fully saturated rings. The van der Waals surface area contributed by atoms with Crippen LogP contribution >= 0.6 is 0 Å². The van der Waals surface area contributed by atoms with Crippen molar-refractivity contribution in [2.45, 2.75) is 32.9 Å². The Kier molecular flexibility index (Phi) is 4.62. The summed E-state index contributed by atoms with van der Waals surface area (Å²) in [7, 11) is 0. The molecule has 0 aliphatic carbocycles. The number of carbonyl (C=O) groups is 1. The molecule has 2 N–H and O–H groups in total. The molecule has 0 saturated carbocycles. The predicted octanol–water partition coefficient (Wildman–Crippen LogP) is 3.23. The molecule has 156 valence electrons. The number of β-amino-alcohol motifs (C(OH)–C–C–N with tert-alkyl or cyclic N) is 1. The number of hydrogen-bond acceptors (Lipinski definition) is 4. The van der Waals surface area contributed by atoms with E-state index in [0.29, 0.717) is 39.2 Å². The number of imidazole rings is 1. The van der Waals surface area contributed by atoms with Crippen LogP contribution in [0.25, 0.3) is 22.2 Å². The maximum Gasteiger partial charge on any atom is 0.320 e. The Hall–Kier alpha value is -3.06. The first-order valence-corrected chi connectivity index (χ1v) is 10.4. The third kappa shape index (κ3) is 3.39. The number of benzene rings is 2. The van der Waals surface area contributed by atoms with E-state index in [4.69, 9.17) is 4.74 Å². The molecule has 3 aromatic rings. The van der Waals surface area contributed by atoms with E-state index in [0.717, 1.165) is 44.9 Å². The van der Waals surface area contributed by atoms with Crippen molar-refractivity contribution in [3.05, 3.63) is 47.3 Å². The van der Waals surface area contributed by atoms with Gasteiger partial charge in [0.15, 0.2) is 0 Å². The van der Waals surface area contributed by atoms with E-state index in [2.05, 4.69) is 41.2 Å². The summed E-state index contributed by atoms with van der Waals surface area (Å²) in [6.07, 6.45) is 0.227. The molecular weight excluding hydrogens is 380 g/mol. The standard InChI is InChI=1S/C23H26N4O3/c1-14-9-17(16-3-4-20-21(11-16)25-15(2)24-20)10-18-12-27(7-8-30-22(14)18)23(29)26-6-5-19(28)13-26/h3-4,9-11,19,28H,5-8,12-13H2,1-2H3,(H,24,25). The molecule has 30 heavy (non-hydrogen) atoms. The molecule has 2 aliphatic rings. The lowest BCUT2D eigenvalue weighted by atomic mass is 9.98. The minimum absolute atomic E-state index is 0.0274. The van der Waals surface area contributed by atoms with E-state index in [1.165, 1.54) is 0 Å². The number of ether oxygens (including phenoxy) is 1. The molecule has 1 unspecified atom stereocenters. The fourth-order valence-corrected chi connectivity index (χ4v) is 4.48. The molecule has 2 aliphatic heterocycles. The smallest absolute Gasteiger partial charge is 0.320 e. The van der Waals surface area contributed by atoms with Crippen molar-refractivity contribution in [2.24, 2.45) is 0 Å². The third-order valence-corrected chi connectivity index (χ3v) is 5.96. The zero-order chi connectivity index (χ0) is 20.8. The van der Waals surface area contributed by atoms with Gasteiger partial charge in [-0.25, -0.2) is 9.78 Å². The van der Waals surface area contributed by atoms with Crippen LogP contribution in [0.5, 0.6) is 5.75 Å². The molecule has 1 atom stereocenters. The molecule has 0 bridgehead atoms. The summed E-state index contributed by atoms with van der Waals surface area (Å²) in [5.41, 5.74) is 6.23. The maximum atomic E-state index is 13.0. The number of nitrogens with zero attached hydrogens (tertiary/aromatic N) is 3. The van der Waals surface area contributed by atoms with Crippen molar-refractivity contribution in [1.29, 1.82) is 0 Å². The number of aryl methyl sites for hydroxylation is 2. The zero-order valence-electron chi connectivity index (χ0n) is 17.3. The van der Waals surface area contributed by atoms with Crippen molar-refractivity contribution in [2.75, 3.05) is 26.2 Å². The summed E-state index contributed by atoms with van der Waals surface area (Å²) < 4.78 is 6.03. The fourth-order valence-electron chi connectivity index (χ4n) is 4.48. The summed E-state index contributed by atoms with van der Waals surface area (Å²) in [4.78, 5) is 24.3. The highest BCUT2D eigenvalue weighted by Crippen LogP contribution is 2.34. The first-order valence-electron chi connectivity index (χ1n) is 10.4. The summed E-state index contributed by atoms with van der Waals surface area (Å²) in [6.45, 7) is 6.52. The average Bonchev–Trinajstić information content (AvgIpc) is 3.24. The van der Waals surface area contributed by atoms with Crippen LogP contribution in [0.4, 0.5) is 4.79 Å². The van der Waals surface area contributed by atoms with Crippen LogP contribution in [0.1, 0.15) is 23.4 Å². The van der Waals surface area contributed by atoms with E-state index in [-0.39, 0.29) is 6.03 Å². The number of urea groups is 1. The highest BCUT2D eigenvalue weighted by molar-refractivity contribution is 5.82. The van der Waals surface area contributed by atoms with Gasteiger partial charge in [-0.05, 0) is 61.2 Å². The Labute approximate surface area is 175 Å². The second kappa shape index (κ2) is 7.32. The topological polar surface area (TPSA) is 81.7 Å². The van der Waals surface area contributed by atoms with Gasteiger partial charge >= 0.3 is 6.03 Å². The van der Waals surface area contributed by atoms with Crippen LogP contribution in [0, 0.1) is 13.8 Å². The zero-order valence-corrected chi connectivity index (χ0v) is 17.3. The van der Waals surface area contributed by atoms with E-state index < -0.39 is 6.10 Å². The monoisotopic (exact) mass is 406 g/mol. The quantitative estimate of drug-likeness (QED) is 0.650. The summed E-state index contributed by atoms with van der Waals surface area (Å²) in [5.74, 6) is 1.77. The molecule has 2 aromatic carbocycles. The van der Waals surface area contributed by atoms with Gasteiger partial charge in [0.1, 0.15) is 18.2 Å². The second-order valence-corrected chi connectivity index (χ2v) is 8.28. The van der Waals surface area contributed by atoms with Gasteiger partial charge in [0.2, 0.25) is 0 Å². The Morgan fingerprint density at radius 3 is 2.83 bits per heavy atom. The van der Waals surface area contributed by atoms with Crippen molar-refractivity contribution in [1.82, 2.24) is 19.8 Å². The minimum Gasteiger partial charge on any atom is -0.491 e. The van der Waals surface area contributed by atoms with E-state index >= 15 is 0 Å². The first kappa shape index (κ1) is 18.9. The summed E-state index contributed by atoms with van der Waals surface area (Å²) >= 11 is 0. The van der Waals surface area contributed by atoms with Crippen molar-refractivity contribution < 1.29 is 14.6 Å². The first-order chi connectivity index (χ1) is 14.5. The number of aliphatic hydroxyl groups is 1. The maximum absolute atomic E-state index is 13.0. The molecule has 1 saturated heterocycles. The van der Waals surface area contributed by atoms with E-state index in [1.54, 1.807) is 4.90 Å². The number of aromatic amines is 1. The van der Waals surface area contributed by atoms with E-state index in [9.17, 15) is 9.90 Å². The predicted molar refractivity (Wildman–Crippen MR) is 115 cm³/mol. The number of H-pyrrole nitrogens is 1. The Morgan fingerprint density at radius 2 is 2.03 bits per heavy atom. The fraction of sp³-hybridized carbons (Fsp3) is 0.391. The Balaban J connectivity index is 1.47. The lowest BCUT2D eigenvalue weighted by molar-refractivity contribution is 0.141. The van der Waals surface area contributed by atoms with Crippen molar-refractivity contribution >= 4 is 17.1 Å². The van der Waals surface area contributed by atoms with E-state index in [1.807, 2.05) is 17.9 Å². The number of carbonyl (C=O) groups excluding carboxylic acids is 1. The highest BCUT2D eigenvalue weighted by Gasteiger charge is 2.30. The number of aromatic nitrogens is 2. The van der Waals surface area contributed by atoms with Crippen molar-refractivity contribution in [3.63, 3.8) is 0 Å². The van der Waals surface area contributed by atoms with Crippen LogP contribution in [-0.4, -0.2) is 63.3 Å². The number of fused-ring (bicyclic) bond motifs is 2. The van der Waals surface area contributed by atoms with Gasteiger partial charge in [-0.2, -0.15) is 0 Å². The van der Waals surface area contributed by atoms with Crippen molar-refractivity contribution in [3.8, 4) is 16.9 Å². The minimum atomic E-state index is -0.417. The Morgan fingerprint density at radius 1 is 1.17 bits per heavy atom. The normalized spacial score (nSPS) is 19.0. The van der Waals surface area contributed by atoms with Gasteiger partial charge in [0, 0.05) is 18.7 Å². The molecule has 7 nitrogen and oxygen atoms in total. The number of aliphatic hydroxyl groups excluding tert-OH is 1.